The molecule has 0 saturated carbocycles. The third kappa shape index (κ3) is 5.24. The Labute approximate surface area is 180 Å². The fourth-order valence-electron chi connectivity index (χ4n) is 2.71. The van der Waals surface area contributed by atoms with E-state index >= 15 is 0 Å². The van der Waals surface area contributed by atoms with Gasteiger partial charge in [-0.25, -0.2) is 4.68 Å². The number of anilines is 1. The maximum atomic E-state index is 13.7. The van der Waals surface area contributed by atoms with Crippen molar-refractivity contribution in [1.29, 1.82) is 0 Å². The molecular weight excluding hydrogens is 433 g/mol. The molecule has 0 radical (unpaired) electrons. The number of hydrogen-bond donors (Lipinski definition) is 2. The quantitative estimate of drug-likeness (QED) is 0.584. The van der Waals surface area contributed by atoms with Crippen LogP contribution in [0.15, 0.2) is 54.7 Å². The molecule has 1 aromatic heterocycles. The van der Waals surface area contributed by atoms with Crippen LogP contribution in [-0.2, 0) is 11.0 Å². The van der Waals surface area contributed by atoms with Crippen LogP contribution in [0.3, 0.4) is 0 Å². The van der Waals surface area contributed by atoms with Crippen LogP contribution in [0.2, 0.25) is 5.02 Å². The van der Waals surface area contributed by atoms with Gasteiger partial charge >= 0.3 is 6.18 Å². The smallest absolute Gasteiger partial charge is 0.343 e. The summed E-state index contributed by atoms with van der Waals surface area (Å²) < 4.78 is 41.6. The first-order chi connectivity index (χ1) is 14.7. The summed E-state index contributed by atoms with van der Waals surface area (Å²) in [6.07, 6.45) is 1.21. The molecule has 31 heavy (non-hydrogen) atoms. The van der Waals surface area contributed by atoms with E-state index in [9.17, 15) is 22.8 Å². The lowest BCUT2D eigenvalue weighted by Crippen LogP contribution is -2.34. The molecule has 0 unspecified atom stereocenters. The van der Waals surface area contributed by atoms with Gasteiger partial charge < -0.3 is 10.6 Å². The lowest BCUT2D eigenvalue weighted by Gasteiger charge is -2.13. The van der Waals surface area contributed by atoms with Crippen LogP contribution in [0.4, 0.5) is 18.9 Å². The molecule has 0 saturated heterocycles. The topological polar surface area (TPSA) is 76.0 Å². The fourth-order valence-corrected chi connectivity index (χ4v) is 2.84. The molecule has 3 aromatic rings. The Balaban J connectivity index is 1.76. The van der Waals surface area contributed by atoms with Crippen molar-refractivity contribution >= 4 is 29.1 Å². The number of aromatic nitrogens is 2. The van der Waals surface area contributed by atoms with E-state index in [2.05, 4.69) is 21.7 Å². The zero-order chi connectivity index (χ0) is 22.6. The summed E-state index contributed by atoms with van der Waals surface area (Å²) in [6.45, 7) is -0.553. The first-order valence-corrected chi connectivity index (χ1v) is 9.12. The van der Waals surface area contributed by atoms with Crippen molar-refractivity contribution in [2.24, 2.45) is 0 Å². The first kappa shape index (κ1) is 21.9. The summed E-state index contributed by atoms with van der Waals surface area (Å²) >= 11 is 5.77. The van der Waals surface area contributed by atoms with Crippen LogP contribution in [-0.4, -0.2) is 28.1 Å². The number of amides is 2. The summed E-state index contributed by atoms with van der Waals surface area (Å²) in [6, 6.07) is 11.9. The summed E-state index contributed by atoms with van der Waals surface area (Å²) in [7, 11) is 0. The van der Waals surface area contributed by atoms with E-state index in [4.69, 9.17) is 18.0 Å². The lowest BCUT2D eigenvalue weighted by atomic mass is 10.2. The highest BCUT2D eigenvalue weighted by Gasteiger charge is 2.40. The maximum Gasteiger partial charge on any atom is 0.434 e. The molecule has 3 rings (SSSR count). The van der Waals surface area contributed by atoms with Crippen LogP contribution in [0, 0.1) is 12.3 Å². The van der Waals surface area contributed by atoms with Gasteiger partial charge in [-0.05, 0) is 42.5 Å². The number of carbonyl (C=O) groups excluding carboxylic acids is 2. The predicted molar refractivity (Wildman–Crippen MR) is 109 cm³/mol. The molecule has 0 atom stereocenters. The van der Waals surface area contributed by atoms with Gasteiger partial charge in [0, 0.05) is 16.3 Å². The van der Waals surface area contributed by atoms with Crippen LogP contribution in [0.25, 0.3) is 5.69 Å². The van der Waals surface area contributed by atoms with Crippen molar-refractivity contribution in [3.63, 3.8) is 0 Å². The highest BCUT2D eigenvalue weighted by Crippen LogP contribution is 2.33. The molecule has 0 aliphatic heterocycles. The average Bonchev–Trinajstić information content (AvgIpc) is 3.18. The fraction of sp³-hybridized carbons (Fsp3) is 0.0952. The first-order valence-electron chi connectivity index (χ1n) is 8.75. The van der Waals surface area contributed by atoms with Gasteiger partial charge in [0.25, 0.3) is 5.91 Å². The summed E-state index contributed by atoms with van der Waals surface area (Å²) in [5, 5.41) is 8.69. The Bertz CT molecular complexity index is 1160. The van der Waals surface area contributed by atoms with Gasteiger partial charge in [0.05, 0.1) is 24.0 Å². The Morgan fingerprint density at radius 2 is 1.87 bits per heavy atom. The third-order valence-corrected chi connectivity index (χ3v) is 4.33. The number of terminal acetylenes is 1. The van der Waals surface area contributed by atoms with Crippen LogP contribution < -0.4 is 10.6 Å². The SMILES string of the molecule is C#Cc1cccc(NC(=O)CNC(=O)c2cnn(-c3ccc(Cl)cc3)c2C(F)(F)F)c1. The van der Waals surface area contributed by atoms with Crippen molar-refractivity contribution in [3.05, 3.63) is 76.6 Å². The summed E-state index contributed by atoms with van der Waals surface area (Å²) in [4.78, 5) is 24.4. The molecule has 0 spiro atoms. The van der Waals surface area contributed by atoms with Crippen LogP contribution in [0.1, 0.15) is 21.6 Å². The van der Waals surface area contributed by atoms with E-state index in [1.165, 1.54) is 30.3 Å². The number of rotatable bonds is 5. The van der Waals surface area contributed by atoms with Gasteiger partial charge in [0.15, 0.2) is 5.69 Å². The van der Waals surface area contributed by atoms with Crippen molar-refractivity contribution in [2.45, 2.75) is 6.18 Å². The van der Waals surface area contributed by atoms with Crippen molar-refractivity contribution < 1.29 is 22.8 Å². The minimum atomic E-state index is -4.87. The van der Waals surface area contributed by atoms with Gasteiger partial charge in [0.2, 0.25) is 5.91 Å². The van der Waals surface area contributed by atoms with Gasteiger partial charge in [0.1, 0.15) is 0 Å². The number of benzene rings is 2. The Hall–Kier alpha value is -3.77. The number of nitrogens with zero attached hydrogens (tertiary/aromatic N) is 2. The van der Waals surface area contributed by atoms with Crippen LogP contribution in [0.5, 0.6) is 0 Å². The lowest BCUT2D eigenvalue weighted by molar-refractivity contribution is -0.143. The average molecular weight is 447 g/mol. The van der Waals surface area contributed by atoms with E-state index in [-0.39, 0.29) is 5.69 Å². The zero-order valence-electron chi connectivity index (χ0n) is 15.7. The third-order valence-electron chi connectivity index (χ3n) is 4.08. The van der Waals surface area contributed by atoms with E-state index in [0.29, 0.717) is 21.0 Å². The van der Waals surface area contributed by atoms with E-state index < -0.39 is 35.8 Å². The van der Waals surface area contributed by atoms with Crippen molar-refractivity contribution in [3.8, 4) is 18.0 Å². The molecule has 2 aromatic carbocycles. The molecule has 1 heterocycles. The van der Waals surface area contributed by atoms with Crippen molar-refractivity contribution in [1.82, 2.24) is 15.1 Å². The normalized spacial score (nSPS) is 10.9. The largest absolute Gasteiger partial charge is 0.434 e. The predicted octanol–water partition coefficient (Wildman–Crippen LogP) is 3.89. The molecule has 158 valence electrons. The van der Waals surface area contributed by atoms with E-state index in [1.807, 2.05) is 0 Å². The second-order valence-electron chi connectivity index (χ2n) is 6.25. The molecule has 6 nitrogen and oxygen atoms in total. The molecule has 0 bridgehead atoms. The monoisotopic (exact) mass is 446 g/mol. The second kappa shape index (κ2) is 8.93. The summed E-state index contributed by atoms with van der Waals surface area (Å²) in [5.41, 5.74) is -0.992. The second-order valence-corrected chi connectivity index (χ2v) is 6.69. The molecule has 0 aliphatic rings. The Morgan fingerprint density at radius 3 is 2.52 bits per heavy atom. The van der Waals surface area contributed by atoms with Gasteiger partial charge in [-0.3, -0.25) is 9.59 Å². The van der Waals surface area contributed by atoms with E-state index in [0.717, 1.165) is 6.20 Å². The Morgan fingerprint density at radius 1 is 1.16 bits per heavy atom. The maximum absolute atomic E-state index is 13.7. The molecule has 2 amide bonds. The molecular formula is C21H14ClF3N4O2. The molecule has 0 aliphatic carbocycles. The van der Waals surface area contributed by atoms with E-state index in [1.54, 1.807) is 18.2 Å². The molecule has 0 fully saturated rings. The molecule has 10 heteroatoms. The van der Waals surface area contributed by atoms with Gasteiger partial charge in [-0.1, -0.05) is 23.6 Å². The number of alkyl halides is 3. The number of nitrogens with one attached hydrogen (secondary N) is 2. The number of halogens is 4. The Kier molecular flexibility index (Phi) is 6.32. The molecule has 2 N–H and O–H groups in total. The highest BCUT2D eigenvalue weighted by molar-refractivity contribution is 6.30. The van der Waals surface area contributed by atoms with Gasteiger partial charge in [-0.2, -0.15) is 18.3 Å². The minimum Gasteiger partial charge on any atom is -0.343 e. The zero-order valence-corrected chi connectivity index (χ0v) is 16.5. The number of carbonyl (C=O) groups is 2. The summed E-state index contributed by atoms with van der Waals surface area (Å²) in [5.74, 6) is 0.672. The minimum absolute atomic E-state index is 0.0712. The van der Waals surface area contributed by atoms with Crippen LogP contribution >= 0.6 is 11.6 Å². The highest BCUT2D eigenvalue weighted by atomic mass is 35.5. The standard InChI is InChI=1S/C21H14ClF3N4O2/c1-2-13-4-3-5-15(10-13)28-18(30)12-26-20(31)17-11-27-29(19(17)21(23,24)25)16-8-6-14(22)7-9-16/h1,3-11H,12H2,(H,26,31)(H,28,30). The number of hydrogen-bond acceptors (Lipinski definition) is 3. The van der Waals surface area contributed by atoms with Gasteiger partial charge in [-0.15, -0.1) is 6.42 Å². The van der Waals surface area contributed by atoms with Crippen molar-refractivity contribution in [2.75, 3.05) is 11.9 Å².